The maximum atomic E-state index is 12.5. The quantitative estimate of drug-likeness (QED) is 0.157. The van der Waals surface area contributed by atoms with Crippen LogP contribution in [0.4, 0.5) is 0 Å². The second-order valence-electron chi connectivity index (χ2n) is 12.1. The zero-order chi connectivity index (χ0) is 39.9. The van der Waals surface area contributed by atoms with Crippen LogP contribution in [0.3, 0.4) is 0 Å². The largest absolute Gasteiger partial charge is 0.744 e. The number of benzene rings is 6. The van der Waals surface area contributed by atoms with Gasteiger partial charge in [0.2, 0.25) is 0 Å². The van der Waals surface area contributed by atoms with Gasteiger partial charge in [-0.05, 0) is 53.6 Å². The molecule has 6 aromatic carbocycles. The number of hydrogen-bond acceptors (Lipinski definition) is 16. The lowest BCUT2D eigenvalue weighted by Gasteiger charge is -2.14. The maximum Gasteiger partial charge on any atom is 0.125 e. The highest BCUT2D eigenvalue weighted by atomic mass is 32.2. The van der Waals surface area contributed by atoms with Gasteiger partial charge in [0.1, 0.15) is 62.5 Å². The van der Waals surface area contributed by atoms with Gasteiger partial charge in [0, 0.05) is 21.5 Å². The average molecular weight is 831 g/mol. The van der Waals surface area contributed by atoms with E-state index in [4.69, 9.17) is 0 Å². The number of hydrogen-bond donors (Lipinski definition) is 0. The highest BCUT2D eigenvalue weighted by Crippen LogP contribution is 2.32. The first-order valence-corrected chi connectivity index (χ1v) is 21.3. The zero-order valence-corrected chi connectivity index (χ0v) is 30.9. The van der Waals surface area contributed by atoms with Crippen molar-refractivity contribution in [2.24, 2.45) is 0 Å². The Morgan fingerprint density at radius 1 is 0.411 bits per heavy atom. The van der Waals surface area contributed by atoms with E-state index in [1.165, 1.54) is 66.7 Å². The Hall–Kier alpha value is -5.98. The molecular formula is C34H18N6O12S4-4. The Morgan fingerprint density at radius 2 is 0.857 bits per heavy atom. The van der Waals surface area contributed by atoms with Gasteiger partial charge in [-0.2, -0.15) is 9.59 Å². The molecule has 284 valence electrons. The summed E-state index contributed by atoms with van der Waals surface area (Å²) in [7, 11) is -20.2. The maximum absolute atomic E-state index is 12.5. The second-order valence-corrected chi connectivity index (χ2v) is 17.5. The summed E-state index contributed by atoms with van der Waals surface area (Å²) >= 11 is 0. The van der Waals surface area contributed by atoms with Crippen LogP contribution in [-0.2, 0) is 40.5 Å². The lowest BCUT2D eigenvalue weighted by atomic mass is 10.1. The molecule has 18 nitrogen and oxygen atoms in total. The molecule has 0 N–H and O–H groups in total. The smallest absolute Gasteiger partial charge is 0.125 e. The van der Waals surface area contributed by atoms with Crippen LogP contribution < -0.4 is 0 Å². The number of fused-ring (bicyclic) bond motifs is 6. The minimum Gasteiger partial charge on any atom is -0.744 e. The van der Waals surface area contributed by atoms with E-state index in [9.17, 15) is 51.9 Å². The van der Waals surface area contributed by atoms with Crippen molar-refractivity contribution < 1.29 is 51.9 Å². The molecule has 0 fully saturated rings. The van der Waals surface area contributed by atoms with Gasteiger partial charge in [-0.25, -0.2) is 33.7 Å². The Morgan fingerprint density at radius 3 is 1.38 bits per heavy atom. The van der Waals surface area contributed by atoms with Gasteiger partial charge in [0.25, 0.3) is 0 Å². The highest BCUT2D eigenvalue weighted by molar-refractivity contribution is 7.86. The number of nitrogens with zero attached hydrogens (tertiary/aromatic N) is 6. The van der Waals surface area contributed by atoms with E-state index in [1.54, 1.807) is 6.07 Å². The van der Waals surface area contributed by atoms with E-state index in [-0.39, 0.29) is 66.1 Å². The molecule has 0 bridgehead atoms. The first kappa shape index (κ1) is 37.0. The predicted molar refractivity (Wildman–Crippen MR) is 194 cm³/mol. The molecule has 0 aliphatic heterocycles. The summed E-state index contributed by atoms with van der Waals surface area (Å²) in [6.07, 6.45) is 2.19. The van der Waals surface area contributed by atoms with Gasteiger partial charge >= 0.3 is 0 Å². The highest BCUT2D eigenvalue weighted by Gasteiger charge is 2.19. The van der Waals surface area contributed by atoms with Gasteiger partial charge in [-0.1, -0.05) is 66.7 Å². The summed E-state index contributed by atoms with van der Waals surface area (Å²) in [5.41, 5.74) is 0.107. The molecule has 0 radical (unpaired) electrons. The van der Waals surface area contributed by atoms with E-state index in [2.05, 4.69) is 20.4 Å². The SMILES string of the molecule is O=S(=O)([O-])c1cc(-n2nc3ccc4c(S(=O)(=O)[O-])cccc4c3n2)ccc1/C=C/c1ccc(-n2nc3cc(S(=O)(=O)[O-])c4ccccc4c3n2)cc1S(=O)(=O)[O-]. The second kappa shape index (κ2) is 12.8. The van der Waals surface area contributed by atoms with Crippen LogP contribution in [0.1, 0.15) is 11.1 Å². The van der Waals surface area contributed by atoms with E-state index < -0.39 is 60.1 Å². The van der Waals surface area contributed by atoms with Gasteiger partial charge in [-0.3, -0.25) is 0 Å². The molecule has 0 saturated heterocycles. The number of rotatable bonds is 8. The lowest BCUT2D eigenvalue weighted by molar-refractivity contribution is 0.460. The van der Waals surface area contributed by atoms with Crippen molar-refractivity contribution in [3.63, 3.8) is 0 Å². The Balaban J connectivity index is 1.18. The average Bonchev–Trinajstić information content (AvgIpc) is 3.77. The molecule has 2 heterocycles. The summed E-state index contributed by atoms with van der Waals surface area (Å²) in [6, 6.07) is 20.9. The van der Waals surface area contributed by atoms with Crippen molar-refractivity contribution in [3.8, 4) is 11.4 Å². The van der Waals surface area contributed by atoms with Gasteiger partial charge < -0.3 is 18.2 Å². The third-order valence-corrected chi connectivity index (χ3v) is 12.3. The summed E-state index contributed by atoms with van der Waals surface area (Å²) < 4.78 is 146. The van der Waals surface area contributed by atoms with Gasteiger partial charge in [-0.15, -0.1) is 20.4 Å². The standard InChI is InChI=1S/C34H22N6O12S4/c41-53(42,43)29-7-3-6-26-24(29)14-15-27-33(26)37-39(35-27)21-12-10-19(30(16-21)54(44,45)46)8-9-20-11-13-22(17-31(20)55(47,48)49)40-36-28-18-32(56(50,51)52)23-4-1-2-5-25(23)34(28)38-40/h1-18H,(H,41,42,43)(H,44,45,46)(H,47,48,49)(H,50,51,52)/p-4/b9-8+. The first-order valence-electron chi connectivity index (χ1n) is 15.7. The summed E-state index contributed by atoms with van der Waals surface area (Å²) in [6.45, 7) is 0. The fraction of sp³-hybridized carbons (Fsp3) is 0. The summed E-state index contributed by atoms with van der Waals surface area (Å²) in [5, 5.41) is 17.9. The van der Waals surface area contributed by atoms with Crippen molar-refractivity contribution >= 4 is 96.2 Å². The normalized spacial score (nSPS) is 13.1. The third-order valence-electron chi connectivity index (χ3n) is 8.70. The van der Waals surface area contributed by atoms with Crippen molar-refractivity contribution in [2.75, 3.05) is 0 Å². The first-order chi connectivity index (χ1) is 26.3. The molecule has 0 saturated carbocycles. The lowest BCUT2D eigenvalue weighted by Crippen LogP contribution is -2.06. The minimum absolute atomic E-state index is 0.00689. The van der Waals surface area contributed by atoms with Crippen LogP contribution >= 0.6 is 0 Å². The molecule has 0 atom stereocenters. The molecule has 0 amide bonds. The molecule has 56 heavy (non-hydrogen) atoms. The van der Waals surface area contributed by atoms with Crippen molar-refractivity contribution in [1.82, 2.24) is 30.0 Å². The summed E-state index contributed by atoms with van der Waals surface area (Å²) in [4.78, 5) is -0.611. The van der Waals surface area contributed by atoms with Crippen LogP contribution in [0.15, 0.2) is 117 Å². The molecule has 0 spiro atoms. The fourth-order valence-electron chi connectivity index (χ4n) is 6.26. The van der Waals surface area contributed by atoms with Crippen LogP contribution in [0.25, 0.3) is 67.1 Å². The molecule has 0 aliphatic carbocycles. The fourth-order valence-corrected chi connectivity index (χ4v) is 9.03. The number of aromatic nitrogens is 6. The van der Waals surface area contributed by atoms with Crippen LogP contribution in [0, 0.1) is 0 Å². The van der Waals surface area contributed by atoms with Gasteiger partial charge in [0.05, 0.1) is 31.0 Å². The van der Waals surface area contributed by atoms with E-state index in [0.29, 0.717) is 0 Å². The van der Waals surface area contributed by atoms with Crippen molar-refractivity contribution in [1.29, 1.82) is 0 Å². The van der Waals surface area contributed by atoms with Gasteiger partial charge in [0.15, 0.2) is 0 Å². The molecular weight excluding hydrogens is 813 g/mol. The Kier molecular flexibility index (Phi) is 8.44. The van der Waals surface area contributed by atoms with Crippen molar-refractivity contribution in [2.45, 2.75) is 19.6 Å². The molecule has 0 aliphatic rings. The molecule has 22 heteroatoms. The van der Waals surface area contributed by atoms with Crippen molar-refractivity contribution in [3.05, 3.63) is 108 Å². The van der Waals surface area contributed by atoms with E-state index in [1.807, 2.05) is 0 Å². The Labute approximate surface area is 315 Å². The summed E-state index contributed by atoms with van der Waals surface area (Å²) in [5.74, 6) is 0. The Bertz CT molecular complexity index is 3490. The van der Waals surface area contributed by atoms with Crippen LogP contribution in [-0.4, -0.2) is 81.9 Å². The third kappa shape index (κ3) is 6.58. The van der Waals surface area contributed by atoms with Crippen LogP contribution in [0.2, 0.25) is 0 Å². The molecule has 0 unspecified atom stereocenters. The zero-order valence-electron chi connectivity index (χ0n) is 27.6. The monoisotopic (exact) mass is 830 g/mol. The molecule has 2 aromatic heterocycles. The van der Waals surface area contributed by atoms with E-state index in [0.717, 1.165) is 46.0 Å². The van der Waals surface area contributed by atoms with E-state index >= 15 is 0 Å². The molecule has 8 rings (SSSR count). The minimum atomic E-state index is -5.22. The molecule has 8 aromatic rings. The predicted octanol–water partition coefficient (Wildman–Crippen LogP) is 3.25. The topological polar surface area (TPSA) is 290 Å². The van der Waals surface area contributed by atoms with Crippen LogP contribution in [0.5, 0.6) is 0 Å².